The first-order chi connectivity index (χ1) is 5.77. The Bertz CT molecular complexity index is 150. The van der Waals surface area contributed by atoms with Crippen LogP contribution in [0.3, 0.4) is 0 Å². The second-order valence-electron chi connectivity index (χ2n) is 5.25. The lowest BCUT2D eigenvalue weighted by molar-refractivity contribution is 0.284. The summed E-state index contributed by atoms with van der Waals surface area (Å²) in [6, 6.07) is 0. The molecule has 12 heavy (non-hydrogen) atoms. The molecule has 0 radical (unpaired) electrons. The fourth-order valence-electron chi connectivity index (χ4n) is 3.46. The summed E-state index contributed by atoms with van der Waals surface area (Å²) in [6.45, 7) is 4.93. The van der Waals surface area contributed by atoms with Crippen LogP contribution in [-0.2, 0) is 0 Å². The van der Waals surface area contributed by atoms with Crippen LogP contribution in [0.5, 0.6) is 0 Å². The number of hydrogen-bond donors (Lipinski definition) is 0. The molecule has 0 heteroatoms. The van der Waals surface area contributed by atoms with Gasteiger partial charge in [0.1, 0.15) is 0 Å². The number of rotatable bonds is 0. The quantitative estimate of drug-likeness (QED) is 0.512. The molecular weight excluding hydrogens is 144 g/mol. The zero-order valence-corrected chi connectivity index (χ0v) is 8.55. The molecule has 0 spiro atoms. The van der Waals surface area contributed by atoms with Crippen LogP contribution in [0.15, 0.2) is 0 Å². The lowest BCUT2D eigenvalue weighted by Gasteiger charge is -2.21. The third-order valence-corrected chi connectivity index (χ3v) is 4.28. The molecule has 0 aromatic heterocycles. The Morgan fingerprint density at radius 2 is 1.75 bits per heavy atom. The maximum atomic E-state index is 2.47. The van der Waals surface area contributed by atoms with Gasteiger partial charge in [0.2, 0.25) is 0 Å². The summed E-state index contributed by atoms with van der Waals surface area (Å²) in [6.07, 6.45) is 9.14. The molecule has 0 heterocycles. The Balaban J connectivity index is 2.03. The largest absolute Gasteiger partial charge is 0.0625 e. The van der Waals surface area contributed by atoms with Gasteiger partial charge in [-0.2, -0.15) is 0 Å². The summed E-state index contributed by atoms with van der Waals surface area (Å²) in [7, 11) is 0. The fourth-order valence-corrected chi connectivity index (χ4v) is 3.46. The topological polar surface area (TPSA) is 0 Å². The van der Waals surface area contributed by atoms with Gasteiger partial charge < -0.3 is 0 Å². The first-order valence-corrected chi connectivity index (χ1v) is 5.77. The van der Waals surface area contributed by atoms with Gasteiger partial charge in [-0.3, -0.25) is 0 Å². The van der Waals surface area contributed by atoms with E-state index in [0.717, 1.165) is 23.7 Å². The molecule has 0 N–H and O–H groups in total. The second-order valence-corrected chi connectivity index (χ2v) is 5.25. The van der Waals surface area contributed by atoms with Crippen molar-refractivity contribution in [1.82, 2.24) is 0 Å². The van der Waals surface area contributed by atoms with Crippen LogP contribution in [-0.4, -0.2) is 0 Å². The Labute approximate surface area is 76.7 Å². The van der Waals surface area contributed by atoms with E-state index in [0.29, 0.717) is 0 Å². The molecule has 2 saturated carbocycles. The van der Waals surface area contributed by atoms with Gasteiger partial charge in [-0.25, -0.2) is 0 Å². The lowest BCUT2D eigenvalue weighted by atomic mass is 9.84. The molecule has 0 aromatic rings. The van der Waals surface area contributed by atoms with E-state index in [9.17, 15) is 0 Å². The van der Waals surface area contributed by atoms with Crippen molar-refractivity contribution in [2.24, 2.45) is 23.7 Å². The summed E-state index contributed by atoms with van der Waals surface area (Å²) >= 11 is 0. The highest BCUT2D eigenvalue weighted by atomic mass is 14.4. The van der Waals surface area contributed by atoms with E-state index in [1.165, 1.54) is 25.7 Å². The molecule has 0 aliphatic heterocycles. The number of fused-ring (bicyclic) bond motifs is 1. The van der Waals surface area contributed by atoms with Crippen molar-refractivity contribution in [2.45, 2.75) is 52.4 Å². The monoisotopic (exact) mass is 166 g/mol. The van der Waals surface area contributed by atoms with E-state index in [1.54, 1.807) is 12.8 Å². The van der Waals surface area contributed by atoms with Crippen molar-refractivity contribution < 1.29 is 0 Å². The molecule has 0 saturated heterocycles. The second kappa shape index (κ2) is 3.40. The fraction of sp³-hybridized carbons (Fsp3) is 1.00. The van der Waals surface area contributed by atoms with Crippen molar-refractivity contribution in [2.75, 3.05) is 0 Å². The normalized spacial score (nSPS) is 48.5. The molecule has 0 amide bonds. The molecule has 0 aromatic carbocycles. The third kappa shape index (κ3) is 1.53. The van der Waals surface area contributed by atoms with Gasteiger partial charge in [-0.15, -0.1) is 0 Å². The van der Waals surface area contributed by atoms with Crippen LogP contribution in [0.25, 0.3) is 0 Å². The smallest absolute Gasteiger partial charge is 0.0358 e. The summed E-state index contributed by atoms with van der Waals surface area (Å²) in [5, 5.41) is 0. The molecule has 2 aliphatic carbocycles. The Morgan fingerprint density at radius 1 is 0.917 bits per heavy atom. The lowest BCUT2D eigenvalue weighted by Crippen LogP contribution is -2.13. The van der Waals surface area contributed by atoms with E-state index in [-0.39, 0.29) is 0 Å². The Morgan fingerprint density at radius 3 is 2.58 bits per heavy atom. The Kier molecular flexibility index (Phi) is 2.43. The van der Waals surface area contributed by atoms with Crippen LogP contribution in [0, 0.1) is 23.7 Å². The van der Waals surface area contributed by atoms with Crippen molar-refractivity contribution in [3.05, 3.63) is 0 Å². The van der Waals surface area contributed by atoms with Gasteiger partial charge in [-0.05, 0) is 36.5 Å². The SMILES string of the molecule is CC1CCCC2CCC(C)C2C1. The van der Waals surface area contributed by atoms with Crippen LogP contribution in [0.4, 0.5) is 0 Å². The van der Waals surface area contributed by atoms with E-state index in [2.05, 4.69) is 13.8 Å². The average molecular weight is 166 g/mol. The van der Waals surface area contributed by atoms with Crippen molar-refractivity contribution in [1.29, 1.82) is 0 Å². The summed E-state index contributed by atoms with van der Waals surface area (Å²) < 4.78 is 0. The van der Waals surface area contributed by atoms with Gasteiger partial charge in [-0.1, -0.05) is 39.5 Å². The standard InChI is InChI=1S/C12H22/c1-9-4-3-5-11-7-6-10(2)12(11)8-9/h9-12H,3-8H2,1-2H3. The Hall–Kier alpha value is 0. The predicted molar refractivity (Wildman–Crippen MR) is 53.0 cm³/mol. The molecule has 0 nitrogen and oxygen atoms in total. The molecule has 2 fully saturated rings. The molecule has 70 valence electrons. The maximum Gasteiger partial charge on any atom is -0.0358 e. The van der Waals surface area contributed by atoms with E-state index >= 15 is 0 Å². The summed E-state index contributed by atoms with van der Waals surface area (Å²) in [4.78, 5) is 0. The first kappa shape index (κ1) is 8.59. The molecule has 2 rings (SSSR count). The first-order valence-electron chi connectivity index (χ1n) is 5.77. The highest BCUT2D eigenvalue weighted by Crippen LogP contribution is 2.45. The van der Waals surface area contributed by atoms with E-state index in [1.807, 2.05) is 0 Å². The minimum Gasteiger partial charge on any atom is -0.0625 e. The predicted octanol–water partition coefficient (Wildman–Crippen LogP) is 3.86. The molecule has 4 atom stereocenters. The maximum absolute atomic E-state index is 2.47. The van der Waals surface area contributed by atoms with Crippen molar-refractivity contribution >= 4 is 0 Å². The zero-order chi connectivity index (χ0) is 8.55. The van der Waals surface area contributed by atoms with Crippen molar-refractivity contribution in [3.8, 4) is 0 Å². The minimum atomic E-state index is 1.01. The van der Waals surface area contributed by atoms with Gasteiger partial charge in [0.05, 0.1) is 0 Å². The minimum absolute atomic E-state index is 1.01. The third-order valence-electron chi connectivity index (χ3n) is 4.28. The van der Waals surface area contributed by atoms with E-state index in [4.69, 9.17) is 0 Å². The van der Waals surface area contributed by atoms with Crippen LogP contribution < -0.4 is 0 Å². The zero-order valence-electron chi connectivity index (χ0n) is 8.55. The highest BCUT2D eigenvalue weighted by Gasteiger charge is 2.35. The van der Waals surface area contributed by atoms with Gasteiger partial charge in [0, 0.05) is 0 Å². The average Bonchev–Trinajstić information content (AvgIpc) is 2.31. The van der Waals surface area contributed by atoms with Crippen molar-refractivity contribution in [3.63, 3.8) is 0 Å². The van der Waals surface area contributed by atoms with Crippen LogP contribution in [0.2, 0.25) is 0 Å². The number of hydrogen-bond acceptors (Lipinski definition) is 0. The summed E-state index contributed by atoms with van der Waals surface area (Å²) in [5.74, 6) is 4.27. The van der Waals surface area contributed by atoms with E-state index < -0.39 is 0 Å². The van der Waals surface area contributed by atoms with Gasteiger partial charge in [0.15, 0.2) is 0 Å². The molecule has 4 unspecified atom stereocenters. The molecule has 0 bridgehead atoms. The van der Waals surface area contributed by atoms with Gasteiger partial charge >= 0.3 is 0 Å². The molecule has 2 aliphatic rings. The van der Waals surface area contributed by atoms with Crippen LogP contribution >= 0.6 is 0 Å². The van der Waals surface area contributed by atoms with Crippen LogP contribution in [0.1, 0.15) is 52.4 Å². The summed E-state index contributed by atoms with van der Waals surface area (Å²) in [5.41, 5.74) is 0. The van der Waals surface area contributed by atoms with Gasteiger partial charge in [0.25, 0.3) is 0 Å². The highest BCUT2D eigenvalue weighted by molar-refractivity contribution is 4.85. The molecular formula is C12H22.